The minimum Gasteiger partial charge on any atom is -0.357 e. The van der Waals surface area contributed by atoms with Crippen LogP contribution in [0.4, 0.5) is 0 Å². The van der Waals surface area contributed by atoms with Gasteiger partial charge < -0.3 is 10.2 Å². The molecule has 1 aromatic rings. The van der Waals surface area contributed by atoms with Gasteiger partial charge in [-0.2, -0.15) is 11.8 Å². The van der Waals surface area contributed by atoms with E-state index in [4.69, 9.17) is 0 Å². The van der Waals surface area contributed by atoms with Crippen LogP contribution in [0, 0.1) is 0 Å². The number of aliphatic imine (C=N–C) groups is 1. The van der Waals surface area contributed by atoms with Gasteiger partial charge in [0.25, 0.3) is 0 Å². The molecular weight excluding hydrogens is 356 g/mol. The number of hydrogen-bond donors (Lipinski definition) is 2. The monoisotopic (exact) mass is 384 g/mol. The summed E-state index contributed by atoms with van der Waals surface area (Å²) in [6.07, 6.45) is 0. The number of hydrogen-bond acceptors (Lipinski definition) is 4. The van der Waals surface area contributed by atoms with Crippen LogP contribution in [0.25, 0.3) is 0 Å². The van der Waals surface area contributed by atoms with E-state index in [0.717, 1.165) is 31.3 Å². The van der Waals surface area contributed by atoms with Gasteiger partial charge in [-0.3, -0.25) is 4.99 Å². The van der Waals surface area contributed by atoms with E-state index in [1.807, 2.05) is 18.7 Å². The van der Waals surface area contributed by atoms with Crippen molar-refractivity contribution in [1.29, 1.82) is 0 Å². The van der Waals surface area contributed by atoms with Gasteiger partial charge in [0.15, 0.2) is 5.96 Å². The van der Waals surface area contributed by atoms with Gasteiger partial charge in [0, 0.05) is 36.7 Å². The molecule has 2 N–H and O–H groups in total. The van der Waals surface area contributed by atoms with E-state index in [0.29, 0.717) is 6.54 Å². The first-order valence-corrected chi connectivity index (χ1v) is 11.0. The largest absolute Gasteiger partial charge is 0.357 e. The third-order valence-electron chi connectivity index (χ3n) is 3.78. The van der Waals surface area contributed by atoms with Crippen molar-refractivity contribution < 1.29 is 8.42 Å². The fourth-order valence-corrected chi connectivity index (χ4v) is 4.80. The summed E-state index contributed by atoms with van der Waals surface area (Å²) in [5.41, 5.74) is 0. The van der Waals surface area contributed by atoms with E-state index in [-0.39, 0.29) is 16.2 Å². The molecule has 140 valence electrons. The zero-order valence-electron chi connectivity index (χ0n) is 15.2. The number of thioether (sulfide) groups is 1. The van der Waals surface area contributed by atoms with Crippen LogP contribution >= 0.6 is 11.8 Å². The normalized spacial score (nSPS) is 18.2. The topological polar surface area (TPSA) is 73.8 Å². The summed E-state index contributed by atoms with van der Waals surface area (Å²) in [7, 11) is -3.47. The summed E-state index contributed by atoms with van der Waals surface area (Å²) in [5.74, 6) is 1.92. The summed E-state index contributed by atoms with van der Waals surface area (Å²) >= 11 is 1.97. The standard InChI is InChI=1S/C17H28N4O2S2/c1-4-18-16(21-12-13-24-17(2,3)14-21)19-10-11-20-25(22,23)15-8-6-5-7-9-15/h5-9,20H,4,10-14H2,1-3H3,(H,18,19). The van der Waals surface area contributed by atoms with Gasteiger partial charge in [0.05, 0.1) is 11.4 Å². The SMILES string of the molecule is CCNC(=NCCNS(=O)(=O)c1ccccc1)N1CCSC(C)(C)C1. The zero-order valence-corrected chi connectivity index (χ0v) is 16.8. The second-order valence-electron chi connectivity index (χ2n) is 6.48. The fraction of sp³-hybridized carbons (Fsp3) is 0.588. The highest BCUT2D eigenvalue weighted by Gasteiger charge is 2.28. The Hall–Kier alpha value is -1.25. The van der Waals surface area contributed by atoms with Gasteiger partial charge in [-0.25, -0.2) is 13.1 Å². The van der Waals surface area contributed by atoms with Crippen molar-refractivity contribution in [3.05, 3.63) is 30.3 Å². The zero-order chi connectivity index (χ0) is 18.3. The lowest BCUT2D eigenvalue weighted by atomic mass is 10.2. The Morgan fingerprint density at radius 2 is 2.04 bits per heavy atom. The second kappa shape index (κ2) is 8.91. The molecule has 1 aromatic carbocycles. The molecule has 1 aliphatic rings. The van der Waals surface area contributed by atoms with Crippen LogP contribution in [0.5, 0.6) is 0 Å². The molecule has 0 unspecified atom stereocenters. The van der Waals surface area contributed by atoms with E-state index in [1.165, 1.54) is 0 Å². The van der Waals surface area contributed by atoms with E-state index in [2.05, 4.69) is 33.8 Å². The third kappa shape index (κ3) is 6.20. The molecule has 2 rings (SSSR count). The Morgan fingerprint density at radius 1 is 1.32 bits per heavy atom. The summed E-state index contributed by atoms with van der Waals surface area (Å²) in [4.78, 5) is 7.13. The van der Waals surface area contributed by atoms with Crippen LogP contribution in [-0.2, 0) is 10.0 Å². The first-order chi connectivity index (χ1) is 11.8. The molecule has 1 aliphatic heterocycles. The molecular formula is C17H28N4O2S2. The molecule has 0 amide bonds. The Kier molecular flexibility index (Phi) is 7.15. The number of rotatable bonds is 6. The van der Waals surface area contributed by atoms with Crippen molar-refractivity contribution in [1.82, 2.24) is 14.9 Å². The number of nitrogens with zero attached hydrogens (tertiary/aromatic N) is 2. The molecule has 8 heteroatoms. The summed E-state index contributed by atoms with van der Waals surface area (Å²) < 4.78 is 27.2. The van der Waals surface area contributed by atoms with Gasteiger partial charge >= 0.3 is 0 Å². The summed E-state index contributed by atoms with van der Waals surface area (Å²) in [6, 6.07) is 8.40. The highest BCUT2D eigenvalue weighted by molar-refractivity contribution is 8.00. The van der Waals surface area contributed by atoms with E-state index >= 15 is 0 Å². The first kappa shape index (κ1) is 20.1. The number of sulfonamides is 1. The molecule has 0 atom stereocenters. The van der Waals surface area contributed by atoms with Crippen LogP contribution in [0.15, 0.2) is 40.2 Å². The maximum atomic E-state index is 12.2. The van der Waals surface area contributed by atoms with Crippen molar-refractivity contribution in [2.24, 2.45) is 4.99 Å². The molecule has 25 heavy (non-hydrogen) atoms. The maximum absolute atomic E-state index is 12.2. The molecule has 0 saturated carbocycles. The van der Waals surface area contributed by atoms with Crippen LogP contribution in [-0.4, -0.2) is 62.5 Å². The Labute approximate surface area is 155 Å². The van der Waals surface area contributed by atoms with Gasteiger partial charge in [-0.05, 0) is 32.9 Å². The summed E-state index contributed by atoms with van der Waals surface area (Å²) in [6.45, 7) is 9.87. The van der Waals surface area contributed by atoms with E-state index in [1.54, 1.807) is 30.3 Å². The van der Waals surface area contributed by atoms with Crippen LogP contribution < -0.4 is 10.0 Å². The molecule has 0 radical (unpaired) electrons. The molecule has 1 saturated heterocycles. The van der Waals surface area contributed by atoms with Gasteiger partial charge in [-0.15, -0.1) is 0 Å². The lowest BCUT2D eigenvalue weighted by molar-refractivity contribution is 0.376. The fourth-order valence-electron chi connectivity index (χ4n) is 2.65. The first-order valence-electron chi connectivity index (χ1n) is 8.56. The van der Waals surface area contributed by atoms with Crippen LogP contribution in [0.3, 0.4) is 0 Å². The van der Waals surface area contributed by atoms with Crippen molar-refractivity contribution >= 4 is 27.7 Å². The van der Waals surface area contributed by atoms with E-state index < -0.39 is 10.0 Å². The van der Waals surface area contributed by atoms with Gasteiger partial charge in [0.1, 0.15) is 0 Å². The Morgan fingerprint density at radius 3 is 2.68 bits per heavy atom. The Bertz CT molecular complexity index is 675. The van der Waals surface area contributed by atoms with Crippen LogP contribution in [0.1, 0.15) is 20.8 Å². The van der Waals surface area contributed by atoms with Gasteiger partial charge in [-0.1, -0.05) is 18.2 Å². The predicted octanol–water partition coefficient (Wildman–Crippen LogP) is 1.76. The molecule has 0 aliphatic carbocycles. The average molecular weight is 385 g/mol. The van der Waals surface area contributed by atoms with Crippen molar-refractivity contribution in [3.8, 4) is 0 Å². The smallest absolute Gasteiger partial charge is 0.240 e. The molecule has 1 fully saturated rings. The quantitative estimate of drug-likeness (QED) is 0.444. The molecule has 6 nitrogen and oxygen atoms in total. The molecule has 0 aromatic heterocycles. The Balaban J connectivity index is 1.93. The average Bonchev–Trinajstić information content (AvgIpc) is 2.57. The number of nitrogens with one attached hydrogen (secondary N) is 2. The summed E-state index contributed by atoms with van der Waals surface area (Å²) in [5, 5.41) is 3.31. The van der Waals surface area contributed by atoms with Crippen molar-refractivity contribution in [3.63, 3.8) is 0 Å². The molecule has 0 bridgehead atoms. The van der Waals surface area contributed by atoms with Crippen LogP contribution in [0.2, 0.25) is 0 Å². The minimum atomic E-state index is -3.47. The minimum absolute atomic E-state index is 0.198. The maximum Gasteiger partial charge on any atom is 0.240 e. The highest BCUT2D eigenvalue weighted by atomic mass is 32.2. The molecule has 0 spiro atoms. The molecule has 1 heterocycles. The van der Waals surface area contributed by atoms with Crippen molar-refractivity contribution in [2.45, 2.75) is 30.4 Å². The highest BCUT2D eigenvalue weighted by Crippen LogP contribution is 2.29. The second-order valence-corrected chi connectivity index (χ2v) is 10.0. The third-order valence-corrected chi connectivity index (χ3v) is 6.55. The number of benzene rings is 1. The lowest BCUT2D eigenvalue weighted by Crippen LogP contribution is -2.51. The van der Waals surface area contributed by atoms with Gasteiger partial charge in [0.2, 0.25) is 10.0 Å². The van der Waals surface area contributed by atoms with E-state index in [9.17, 15) is 8.42 Å². The lowest BCUT2D eigenvalue weighted by Gasteiger charge is -2.39. The predicted molar refractivity (Wildman–Crippen MR) is 106 cm³/mol. The van der Waals surface area contributed by atoms with Crippen molar-refractivity contribution in [2.75, 3.05) is 38.5 Å². The number of guanidine groups is 1.